The zero-order valence-corrected chi connectivity index (χ0v) is 13.4. The number of fused-ring (bicyclic) bond motifs is 1. The van der Waals surface area contributed by atoms with Gasteiger partial charge < -0.3 is 9.84 Å². The van der Waals surface area contributed by atoms with Crippen LogP contribution in [0, 0.1) is 0 Å². The number of carboxylic acids is 1. The number of hydrogen-bond acceptors (Lipinski definition) is 3. The molecule has 7 heteroatoms. The van der Waals surface area contributed by atoms with Gasteiger partial charge in [-0.05, 0) is 52.1 Å². The molecule has 1 atom stereocenters. The van der Waals surface area contributed by atoms with Crippen molar-refractivity contribution in [3.05, 3.63) is 45.7 Å². The molecule has 0 bridgehead atoms. The molecule has 2 aromatic rings. The Hall–Kier alpha value is -2.28. The highest BCUT2D eigenvalue weighted by Gasteiger charge is 2.48. The van der Waals surface area contributed by atoms with Crippen molar-refractivity contribution in [2.45, 2.75) is 25.6 Å². The summed E-state index contributed by atoms with van der Waals surface area (Å²) < 4.78 is 44.5. The Morgan fingerprint density at radius 1 is 1.33 bits per heavy atom. The number of ether oxygens (including phenoxy) is 1. The average Bonchev–Trinajstić information content (AvgIpc) is 3.05. The van der Waals surface area contributed by atoms with Crippen molar-refractivity contribution in [3.63, 3.8) is 0 Å². The topological polar surface area (TPSA) is 46.5 Å². The fourth-order valence-corrected chi connectivity index (χ4v) is 3.42. The number of carbonyl (C=O) groups is 1. The standard InChI is InChI=1S/C17H13F3O3S/c1-2-9-3-4-13-11(14(9)10-5-6-24-8-10)7-12(16(21)22)15(23-13)17(18,19)20/h3-8,15H,2H2,1H3,(H,21,22). The van der Waals surface area contributed by atoms with Crippen molar-refractivity contribution in [2.75, 3.05) is 0 Å². The van der Waals surface area contributed by atoms with E-state index in [9.17, 15) is 23.1 Å². The predicted molar refractivity (Wildman–Crippen MR) is 85.2 cm³/mol. The molecule has 0 aliphatic carbocycles. The molecular weight excluding hydrogens is 341 g/mol. The van der Waals surface area contributed by atoms with E-state index in [1.54, 1.807) is 6.07 Å². The Kier molecular flexibility index (Phi) is 4.13. The number of halogens is 3. The molecule has 2 heterocycles. The van der Waals surface area contributed by atoms with Crippen molar-refractivity contribution in [1.82, 2.24) is 0 Å². The quantitative estimate of drug-likeness (QED) is 0.864. The van der Waals surface area contributed by atoms with Gasteiger partial charge in [0.2, 0.25) is 6.10 Å². The average molecular weight is 354 g/mol. The van der Waals surface area contributed by atoms with Crippen LogP contribution in [0.4, 0.5) is 13.2 Å². The molecule has 1 aromatic heterocycles. The third-order valence-corrected chi connectivity index (χ3v) is 4.54. The van der Waals surface area contributed by atoms with Crippen LogP contribution >= 0.6 is 11.3 Å². The number of hydrogen-bond donors (Lipinski definition) is 1. The first-order valence-corrected chi connectivity index (χ1v) is 8.14. The van der Waals surface area contributed by atoms with Gasteiger partial charge >= 0.3 is 12.1 Å². The zero-order chi connectivity index (χ0) is 17.5. The van der Waals surface area contributed by atoms with Crippen LogP contribution in [0.5, 0.6) is 5.75 Å². The third-order valence-electron chi connectivity index (χ3n) is 3.85. The van der Waals surface area contributed by atoms with Crippen LogP contribution in [0.25, 0.3) is 17.2 Å². The number of aryl methyl sites for hydroxylation is 1. The molecule has 1 aliphatic heterocycles. The van der Waals surface area contributed by atoms with Gasteiger partial charge in [0, 0.05) is 5.56 Å². The largest absolute Gasteiger partial charge is 0.478 e. The van der Waals surface area contributed by atoms with Crippen molar-refractivity contribution >= 4 is 23.4 Å². The summed E-state index contributed by atoms with van der Waals surface area (Å²) in [4.78, 5) is 11.3. The summed E-state index contributed by atoms with van der Waals surface area (Å²) in [5.74, 6) is -1.60. The van der Waals surface area contributed by atoms with Gasteiger partial charge in [-0.1, -0.05) is 13.0 Å². The summed E-state index contributed by atoms with van der Waals surface area (Å²) in [6, 6.07) is 5.04. The van der Waals surface area contributed by atoms with Crippen LogP contribution in [0.3, 0.4) is 0 Å². The molecular formula is C17H13F3O3S. The number of thiophene rings is 1. The predicted octanol–water partition coefficient (Wildman–Crippen LogP) is 4.77. The number of aliphatic carboxylic acids is 1. The fourth-order valence-electron chi connectivity index (χ4n) is 2.77. The molecule has 0 saturated carbocycles. The molecule has 0 radical (unpaired) electrons. The van der Waals surface area contributed by atoms with Gasteiger partial charge in [-0.15, -0.1) is 0 Å². The monoisotopic (exact) mass is 354 g/mol. The number of rotatable bonds is 3. The summed E-state index contributed by atoms with van der Waals surface area (Å²) in [5.41, 5.74) is 2.05. The molecule has 1 aromatic carbocycles. The van der Waals surface area contributed by atoms with Gasteiger partial charge in [0.25, 0.3) is 0 Å². The molecule has 3 nitrogen and oxygen atoms in total. The van der Waals surface area contributed by atoms with Gasteiger partial charge in [-0.25, -0.2) is 4.79 Å². The van der Waals surface area contributed by atoms with Crippen LogP contribution in [0.15, 0.2) is 34.5 Å². The Morgan fingerprint density at radius 2 is 2.08 bits per heavy atom. The molecule has 0 saturated heterocycles. The second-order valence-electron chi connectivity index (χ2n) is 5.32. The van der Waals surface area contributed by atoms with Crippen molar-refractivity contribution < 1.29 is 27.8 Å². The van der Waals surface area contributed by atoms with Gasteiger partial charge in [0.1, 0.15) is 5.75 Å². The Bertz CT molecular complexity index is 807. The molecule has 1 N–H and O–H groups in total. The minimum absolute atomic E-state index is 0.0423. The van der Waals surface area contributed by atoms with Crippen LogP contribution < -0.4 is 4.74 Å². The maximum atomic E-state index is 13.1. The molecule has 24 heavy (non-hydrogen) atoms. The number of carboxylic acid groups (broad SMARTS) is 1. The van der Waals surface area contributed by atoms with Crippen LogP contribution in [0.1, 0.15) is 18.1 Å². The van der Waals surface area contributed by atoms with E-state index in [-0.39, 0.29) is 5.75 Å². The first kappa shape index (κ1) is 16.6. The highest BCUT2D eigenvalue weighted by molar-refractivity contribution is 7.08. The SMILES string of the molecule is CCc1ccc2c(c1-c1ccsc1)C=C(C(=O)O)C(C(F)(F)F)O2. The molecule has 0 fully saturated rings. The molecule has 1 aliphatic rings. The van der Waals surface area contributed by atoms with E-state index >= 15 is 0 Å². The maximum absolute atomic E-state index is 13.1. The molecule has 3 rings (SSSR count). The van der Waals surface area contributed by atoms with Gasteiger partial charge in [0.15, 0.2) is 0 Å². The van der Waals surface area contributed by atoms with Gasteiger partial charge in [0.05, 0.1) is 5.57 Å². The maximum Gasteiger partial charge on any atom is 0.430 e. The van der Waals surface area contributed by atoms with E-state index in [4.69, 9.17) is 4.74 Å². The van der Waals surface area contributed by atoms with E-state index in [1.807, 2.05) is 23.8 Å². The van der Waals surface area contributed by atoms with E-state index in [1.165, 1.54) is 17.4 Å². The highest BCUT2D eigenvalue weighted by Crippen LogP contribution is 2.43. The lowest BCUT2D eigenvalue weighted by Crippen LogP contribution is -2.40. The fraction of sp³-hybridized carbons (Fsp3) is 0.235. The molecule has 0 amide bonds. The lowest BCUT2D eigenvalue weighted by Gasteiger charge is -2.28. The van der Waals surface area contributed by atoms with E-state index in [2.05, 4.69) is 0 Å². The van der Waals surface area contributed by atoms with Crippen LogP contribution in [-0.4, -0.2) is 23.4 Å². The van der Waals surface area contributed by atoms with E-state index in [0.29, 0.717) is 12.0 Å². The minimum Gasteiger partial charge on any atom is -0.478 e. The Balaban J connectivity index is 2.25. The minimum atomic E-state index is -4.80. The molecule has 126 valence electrons. The smallest absolute Gasteiger partial charge is 0.430 e. The summed E-state index contributed by atoms with van der Waals surface area (Å²) in [7, 11) is 0. The summed E-state index contributed by atoms with van der Waals surface area (Å²) in [6.07, 6.45) is -5.51. The third kappa shape index (κ3) is 2.80. The lowest BCUT2D eigenvalue weighted by molar-refractivity contribution is -0.187. The van der Waals surface area contributed by atoms with Crippen molar-refractivity contribution in [3.8, 4) is 16.9 Å². The highest BCUT2D eigenvalue weighted by atomic mass is 32.1. The normalized spacial score (nSPS) is 17.0. The second-order valence-corrected chi connectivity index (χ2v) is 6.10. The first-order chi connectivity index (χ1) is 11.3. The number of alkyl halides is 3. The molecule has 0 spiro atoms. The van der Waals surface area contributed by atoms with Crippen LogP contribution in [0.2, 0.25) is 0 Å². The Morgan fingerprint density at radius 3 is 2.62 bits per heavy atom. The first-order valence-electron chi connectivity index (χ1n) is 7.19. The summed E-state index contributed by atoms with van der Waals surface area (Å²) >= 11 is 1.46. The lowest BCUT2D eigenvalue weighted by atomic mass is 9.90. The van der Waals surface area contributed by atoms with Crippen molar-refractivity contribution in [1.29, 1.82) is 0 Å². The van der Waals surface area contributed by atoms with Gasteiger partial charge in [-0.3, -0.25) is 0 Å². The molecule has 1 unspecified atom stereocenters. The summed E-state index contributed by atoms with van der Waals surface area (Å²) in [6.45, 7) is 1.93. The van der Waals surface area contributed by atoms with Crippen LogP contribution in [-0.2, 0) is 11.2 Å². The number of benzene rings is 1. The van der Waals surface area contributed by atoms with Crippen molar-refractivity contribution in [2.24, 2.45) is 0 Å². The Labute approximate surface area is 140 Å². The van der Waals surface area contributed by atoms with Gasteiger partial charge in [-0.2, -0.15) is 24.5 Å². The van der Waals surface area contributed by atoms with E-state index < -0.39 is 23.8 Å². The summed E-state index contributed by atoms with van der Waals surface area (Å²) in [5, 5.41) is 12.9. The second kappa shape index (κ2) is 5.98. The van der Waals surface area contributed by atoms with E-state index in [0.717, 1.165) is 22.8 Å². The zero-order valence-electron chi connectivity index (χ0n) is 12.6.